The number of hydrogen-bond donors (Lipinski definition) is 1. The largest absolute Gasteiger partial charge is 0.464 e. The third kappa shape index (κ3) is 3.68. The Hall–Kier alpha value is -3.30. The molecule has 138 valence electrons. The number of rotatable bonds is 6. The van der Waals surface area contributed by atoms with Crippen molar-refractivity contribution in [2.45, 2.75) is 19.4 Å². The lowest BCUT2D eigenvalue weighted by molar-refractivity contribution is -0.119. The number of carbonyl (C=O) groups is 3. The number of hydrogen-bond acceptors (Lipinski definition) is 7. The number of methoxy groups -OCH3 is 2. The third-order valence-electron chi connectivity index (χ3n) is 3.57. The number of aromatic nitrogens is 3. The average Bonchev–Trinajstić information content (AvgIpc) is 3.07. The van der Waals surface area contributed by atoms with Crippen LogP contribution in [0, 0.1) is 5.82 Å². The molecule has 1 heterocycles. The highest BCUT2D eigenvalue weighted by atomic mass is 19.1. The number of para-hydroxylation sites is 1. The molecule has 1 unspecified atom stereocenters. The van der Waals surface area contributed by atoms with Crippen LogP contribution in [0.3, 0.4) is 0 Å². The molecule has 9 nitrogen and oxygen atoms in total. The van der Waals surface area contributed by atoms with Crippen LogP contribution in [0.4, 0.5) is 10.1 Å². The van der Waals surface area contributed by atoms with E-state index in [2.05, 4.69) is 25.1 Å². The number of esters is 2. The molecular weight excluding hydrogens is 347 g/mol. The van der Waals surface area contributed by atoms with Crippen molar-refractivity contribution < 1.29 is 28.2 Å². The fourth-order valence-corrected chi connectivity index (χ4v) is 2.28. The van der Waals surface area contributed by atoms with Crippen LogP contribution in [0.5, 0.6) is 0 Å². The molecule has 1 amide bonds. The van der Waals surface area contributed by atoms with Crippen molar-refractivity contribution in [3.63, 3.8) is 0 Å². The van der Waals surface area contributed by atoms with Gasteiger partial charge >= 0.3 is 11.9 Å². The zero-order valence-electron chi connectivity index (χ0n) is 14.4. The van der Waals surface area contributed by atoms with E-state index in [0.717, 1.165) is 18.9 Å². The van der Waals surface area contributed by atoms with Gasteiger partial charge in [0.05, 0.1) is 19.9 Å². The number of ether oxygens (including phenoxy) is 2. The lowest BCUT2D eigenvalue weighted by atomic mass is 10.2. The normalized spacial score (nSPS) is 11.5. The second kappa shape index (κ2) is 8.19. The molecule has 0 radical (unpaired) electrons. The van der Waals surface area contributed by atoms with Gasteiger partial charge in [-0.05, 0) is 18.6 Å². The van der Waals surface area contributed by atoms with Crippen LogP contribution < -0.4 is 5.32 Å². The number of amides is 1. The van der Waals surface area contributed by atoms with Gasteiger partial charge in [0.15, 0.2) is 5.69 Å². The molecule has 2 rings (SSSR count). The van der Waals surface area contributed by atoms with Gasteiger partial charge in [-0.1, -0.05) is 24.3 Å². The summed E-state index contributed by atoms with van der Waals surface area (Å²) in [7, 11) is 2.23. The molecule has 0 fully saturated rings. The van der Waals surface area contributed by atoms with Crippen LogP contribution in [0.15, 0.2) is 24.3 Å². The zero-order chi connectivity index (χ0) is 19.3. The van der Waals surface area contributed by atoms with Crippen molar-refractivity contribution >= 4 is 23.5 Å². The maximum absolute atomic E-state index is 13.8. The Balaban J connectivity index is 2.42. The first-order valence-corrected chi connectivity index (χ1v) is 7.61. The quantitative estimate of drug-likeness (QED) is 0.774. The minimum absolute atomic E-state index is 0.0242. The molecule has 0 saturated heterocycles. The lowest BCUT2D eigenvalue weighted by Crippen LogP contribution is -2.29. The summed E-state index contributed by atoms with van der Waals surface area (Å²) < 4.78 is 23.9. The molecule has 1 aromatic heterocycles. The molecular formula is C16H17FN4O5. The van der Waals surface area contributed by atoms with Crippen molar-refractivity contribution in [3.8, 4) is 0 Å². The highest BCUT2D eigenvalue weighted by molar-refractivity contribution is 6.01. The van der Waals surface area contributed by atoms with E-state index in [4.69, 9.17) is 0 Å². The highest BCUT2D eigenvalue weighted by Gasteiger charge is 2.32. The molecule has 1 aromatic carbocycles. The fourth-order valence-electron chi connectivity index (χ4n) is 2.28. The van der Waals surface area contributed by atoms with Gasteiger partial charge in [-0.25, -0.2) is 18.7 Å². The Kier molecular flexibility index (Phi) is 5.99. The summed E-state index contributed by atoms with van der Waals surface area (Å²) in [5, 5.41) is 9.76. The Labute approximate surface area is 148 Å². The van der Waals surface area contributed by atoms with Crippen LogP contribution in [-0.2, 0) is 14.3 Å². The Morgan fingerprint density at radius 3 is 2.42 bits per heavy atom. The fraction of sp³-hybridized carbons (Fsp3) is 0.312. The number of nitrogens with zero attached hydrogens (tertiary/aromatic N) is 3. The van der Waals surface area contributed by atoms with Gasteiger partial charge in [0.25, 0.3) is 0 Å². The van der Waals surface area contributed by atoms with Crippen LogP contribution in [0.25, 0.3) is 0 Å². The van der Waals surface area contributed by atoms with E-state index in [9.17, 15) is 18.8 Å². The smallest absolute Gasteiger partial charge is 0.361 e. The Bertz CT molecular complexity index is 836. The predicted molar refractivity (Wildman–Crippen MR) is 87.1 cm³/mol. The molecule has 0 aliphatic heterocycles. The Morgan fingerprint density at radius 2 is 1.85 bits per heavy atom. The first-order chi connectivity index (χ1) is 12.4. The molecule has 10 heteroatoms. The Morgan fingerprint density at radius 1 is 1.19 bits per heavy atom. The van der Waals surface area contributed by atoms with Crippen molar-refractivity contribution in [2.75, 3.05) is 19.5 Å². The van der Waals surface area contributed by atoms with E-state index < -0.39 is 29.7 Å². The summed E-state index contributed by atoms with van der Waals surface area (Å²) in [5.74, 6) is -3.06. The minimum Gasteiger partial charge on any atom is -0.464 e. The van der Waals surface area contributed by atoms with E-state index in [1.807, 2.05) is 0 Å². The van der Waals surface area contributed by atoms with Crippen molar-refractivity contribution in [1.82, 2.24) is 15.0 Å². The zero-order valence-corrected chi connectivity index (χ0v) is 14.4. The van der Waals surface area contributed by atoms with Gasteiger partial charge < -0.3 is 14.8 Å². The summed E-state index contributed by atoms with van der Waals surface area (Å²) in [6.45, 7) is 1.66. The molecule has 0 aliphatic carbocycles. The molecule has 0 saturated carbocycles. The average molecular weight is 364 g/mol. The van der Waals surface area contributed by atoms with E-state index in [1.165, 1.54) is 18.2 Å². The summed E-state index contributed by atoms with van der Waals surface area (Å²) in [5.41, 5.74) is -0.727. The van der Waals surface area contributed by atoms with Gasteiger partial charge in [-0.2, -0.15) is 0 Å². The molecule has 0 aliphatic rings. The molecule has 1 N–H and O–H groups in total. The summed E-state index contributed by atoms with van der Waals surface area (Å²) in [6.07, 6.45) is 0.189. The van der Waals surface area contributed by atoms with Crippen molar-refractivity contribution in [3.05, 3.63) is 41.5 Å². The molecule has 0 spiro atoms. The SMILES string of the molecule is CCC(C(=O)Nc1ccccc1F)n1nnc(C(=O)OC)c1C(=O)OC. The number of halogens is 1. The molecule has 0 bridgehead atoms. The van der Waals surface area contributed by atoms with E-state index in [0.29, 0.717) is 0 Å². The van der Waals surface area contributed by atoms with Crippen molar-refractivity contribution in [1.29, 1.82) is 0 Å². The van der Waals surface area contributed by atoms with Crippen molar-refractivity contribution in [2.24, 2.45) is 0 Å². The topological polar surface area (TPSA) is 112 Å². The minimum atomic E-state index is -1.03. The summed E-state index contributed by atoms with van der Waals surface area (Å²) >= 11 is 0. The van der Waals surface area contributed by atoms with Gasteiger partial charge in [-0.15, -0.1) is 5.10 Å². The maximum Gasteiger partial charge on any atom is 0.361 e. The van der Waals surface area contributed by atoms with Gasteiger partial charge in [0.2, 0.25) is 11.6 Å². The first-order valence-electron chi connectivity index (χ1n) is 7.61. The second-order valence-corrected chi connectivity index (χ2v) is 5.11. The number of benzene rings is 1. The standard InChI is InChI=1S/C16H17FN4O5/c1-4-11(14(22)18-10-8-6-5-7-9(10)17)21-13(16(24)26-3)12(19-20-21)15(23)25-2/h5-8,11H,4H2,1-3H3,(H,18,22). The number of anilines is 1. The summed E-state index contributed by atoms with van der Waals surface area (Å²) in [4.78, 5) is 36.4. The van der Waals surface area contributed by atoms with Crippen LogP contribution in [0.1, 0.15) is 40.4 Å². The maximum atomic E-state index is 13.8. The van der Waals surface area contributed by atoms with Gasteiger partial charge in [0, 0.05) is 0 Å². The van der Waals surface area contributed by atoms with Gasteiger partial charge in [-0.3, -0.25) is 4.79 Å². The molecule has 1 atom stereocenters. The third-order valence-corrected chi connectivity index (χ3v) is 3.57. The number of carbonyl (C=O) groups excluding carboxylic acids is 3. The predicted octanol–water partition coefficient (Wildman–Crippen LogP) is 1.58. The van der Waals surface area contributed by atoms with E-state index >= 15 is 0 Å². The van der Waals surface area contributed by atoms with Gasteiger partial charge in [0.1, 0.15) is 11.9 Å². The van der Waals surface area contributed by atoms with E-state index in [1.54, 1.807) is 13.0 Å². The lowest BCUT2D eigenvalue weighted by Gasteiger charge is -2.17. The molecule has 26 heavy (non-hydrogen) atoms. The van der Waals surface area contributed by atoms with Crippen LogP contribution in [-0.4, -0.2) is 47.1 Å². The van der Waals surface area contributed by atoms with Crippen LogP contribution in [0.2, 0.25) is 0 Å². The van der Waals surface area contributed by atoms with Crippen LogP contribution >= 0.6 is 0 Å². The monoisotopic (exact) mass is 364 g/mol. The summed E-state index contributed by atoms with van der Waals surface area (Å²) in [6, 6.07) is 4.60. The second-order valence-electron chi connectivity index (χ2n) is 5.11. The van der Waals surface area contributed by atoms with E-state index in [-0.39, 0.29) is 23.5 Å². The first kappa shape index (κ1) is 19.0. The molecule has 2 aromatic rings. The highest BCUT2D eigenvalue weighted by Crippen LogP contribution is 2.21. The number of nitrogens with one attached hydrogen (secondary N) is 1.